The molecule has 1 aromatic carbocycles. The lowest BCUT2D eigenvalue weighted by molar-refractivity contribution is -0.297. The SMILES string of the molecule is CC1CC(CO)CC(OCCc2ccc(CCCCCNCCOCCOCCOOCCN)cc2)C1. The van der Waals surface area contributed by atoms with E-state index < -0.39 is 0 Å². The molecule has 4 N–H and O–H groups in total. The minimum Gasteiger partial charge on any atom is -0.396 e. The molecule has 1 aliphatic carbocycles. The van der Waals surface area contributed by atoms with Gasteiger partial charge >= 0.3 is 0 Å². The third-order valence-electron chi connectivity index (χ3n) is 6.73. The number of rotatable bonds is 23. The average molecular weight is 525 g/mol. The fraction of sp³-hybridized carbons (Fsp3) is 0.793. The van der Waals surface area contributed by atoms with Gasteiger partial charge in [-0.1, -0.05) is 37.6 Å². The Labute approximate surface area is 224 Å². The third kappa shape index (κ3) is 16.5. The molecule has 8 nitrogen and oxygen atoms in total. The van der Waals surface area contributed by atoms with Crippen LogP contribution in [0.1, 0.15) is 56.6 Å². The number of nitrogens with one attached hydrogen (secondary N) is 1. The maximum absolute atomic E-state index is 9.47. The quantitative estimate of drug-likeness (QED) is 0.114. The van der Waals surface area contributed by atoms with Crippen molar-refractivity contribution in [3.63, 3.8) is 0 Å². The summed E-state index contributed by atoms with van der Waals surface area (Å²) in [7, 11) is 0. The summed E-state index contributed by atoms with van der Waals surface area (Å²) in [5, 5.41) is 12.9. The van der Waals surface area contributed by atoms with Gasteiger partial charge in [0.15, 0.2) is 0 Å². The van der Waals surface area contributed by atoms with Gasteiger partial charge < -0.3 is 30.4 Å². The predicted molar refractivity (Wildman–Crippen MR) is 146 cm³/mol. The summed E-state index contributed by atoms with van der Waals surface area (Å²) in [4.78, 5) is 9.67. The minimum atomic E-state index is 0.290. The molecule has 8 heteroatoms. The third-order valence-corrected chi connectivity index (χ3v) is 6.73. The largest absolute Gasteiger partial charge is 0.396 e. The maximum Gasteiger partial charge on any atom is 0.106 e. The molecule has 37 heavy (non-hydrogen) atoms. The monoisotopic (exact) mass is 524 g/mol. The van der Waals surface area contributed by atoms with Gasteiger partial charge in [-0.3, -0.25) is 0 Å². The second kappa shape index (κ2) is 21.8. The van der Waals surface area contributed by atoms with Crippen molar-refractivity contribution >= 4 is 0 Å². The Morgan fingerprint density at radius 1 is 0.784 bits per heavy atom. The number of nitrogens with two attached hydrogens (primary N) is 1. The van der Waals surface area contributed by atoms with Crippen molar-refractivity contribution in [2.45, 2.75) is 64.4 Å². The van der Waals surface area contributed by atoms with Gasteiger partial charge in [-0.2, -0.15) is 0 Å². The molecule has 1 aromatic rings. The molecule has 0 spiro atoms. The summed E-state index contributed by atoms with van der Waals surface area (Å²) >= 11 is 0. The summed E-state index contributed by atoms with van der Waals surface area (Å²) in [6, 6.07) is 9.03. The fourth-order valence-electron chi connectivity index (χ4n) is 4.79. The van der Waals surface area contributed by atoms with Crippen LogP contribution in [-0.4, -0.2) is 83.7 Å². The molecule has 0 bridgehead atoms. The lowest BCUT2D eigenvalue weighted by Gasteiger charge is -2.32. The van der Waals surface area contributed by atoms with Gasteiger partial charge in [0.25, 0.3) is 0 Å². The number of benzene rings is 1. The van der Waals surface area contributed by atoms with Crippen molar-refractivity contribution in [1.82, 2.24) is 5.32 Å². The number of aliphatic hydroxyl groups excluding tert-OH is 1. The van der Waals surface area contributed by atoms with Crippen LogP contribution in [0.5, 0.6) is 0 Å². The van der Waals surface area contributed by atoms with E-state index in [0.717, 1.165) is 51.8 Å². The van der Waals surface area contributed by atoms with Crippen LogP contribution in [0.4, 0.5) is 0 Å². The number of aryl methyl sites for hydroxylation is 1. The molecule has 0 amide bonds. The van der Waals surface area contributed by atoms with E-state index in [-0.39, 0.29) is 0 Å². The lowest BCUT2D eigenvalue weighted by atomic mass is 9.81. The second-order valence-electron chi connectivity index (χ2n) is 10.1. The first-order valence-corrected chi connectivity index (χ1v) is 14.3. The molecule has 3 atom stereocenters. The van der Waals surface area contributed by atoms with Crippen molar-refractivity contribution in [2.75, 3.05) is 72.5 Å². The molecule has 2 rings (SSSR count). The van der Waals surface area contributed by atoms with E-state index in [9.17, 15) is 5.11 Å². The zero-order chi connectivity index (χ0) is 26.4. The van der Waals surface area contributed by atoms with Crippen molar-refractivity contribution in [3.05, 3.63) is 35.4 Å². The van der Waals surface area contributed by atoms with Gasteiger partial charge in [-0.05, 0) is 74.5 Å². The van der Waals surface area contributed by atoms with Gasteiger partial charge in [0.05, 0.1) is 45.7 Å². The topological polar surface area (TPSA) is 104 Å². The standard InChI is InChI=1S/C29H52N2O6/c1-25-21-28(24-32)23-29(22-25)35-14-10-27-8-6-26(7-9-27)5-3-2-4-12-31-13-16-33-17-18-34-19-20-37-36-15-11-30/h6-9,25,28-29,31-32H,2-5,10-24,30H2,1H3. The number of unbranched alkanes of at least 4 members (excludes halogenated alkanes) is 2. The van der Waals surface area contributed by atoms with Gasteiger partial charge in [-0.15, -0.1) is 0 Å². The summed E-state index contributed by atoms with van der Waals surface area (Å²) in [6.45, 7) is 8.78. The molecule has 0 aliphatic heterocycles. The Morgan fingerprint density at radius 3 is 2.24 bits per heavy atom. The summed E-state index contributed by atoms with van der Waals surface area (Å²) in [5.41, 5.74) is 8.04. The van der Waals surface area contributed by atoms with E-state index in [0.29, 0.717) is 70.7 Å². The normalized spacial score (nSPS) is 19.9. The summed E-state index contributed by atoms with van der Waals surface area (Å²) in [5.74, 6) is 1.06. The van der Waals surface area contributed by atoms with E-state index in [2.05, 4.69) is 36.5 Å². The Balaban J connectivity index is 1.37. The molecule has 1 aliphatic rings. The van der Waals surface area contributed by atoms with Crippen LogP contribution in [0.3, 0.4) is 0 Å². The van der Waals surface area contributed by atoms with Crippen molar-refractivity contribution < 1.29 is 29.1 Å². The van der Waals surface area contributed by atoms with Crippen molar-refractivity contribution in [2.24, 2.45) is 17.6 Å². The highest BCUT2D eigenvalue weighted by molar-refractivity contribution is 5.22. The van der Waals surface area contributed by atoms with Crippen LogP contribution >= 0.6 is 0 Å². The van der Waals surface area contributed by atoms with E-state index in [1.54, 1.807) is 0 Å². The van der Waals surface area contributed by atoms with Crippen LogP contribution in [-0.2, 0) is 36.8 Å². The van der Waals surface area contributed by atoms with Gasteiger partial charge in [0, 0.05) is 19.7 Å². The van der Waals surface area contributed by atoms with E-state index in [1.807, 2.05) is 0 Å². The molecule has 0 heterocycles. The Kier molecular flexibility index (Phi) is 18.9. The van der Waals surface area contributed by atoms with E-state index >= 15 is 0 Å². The molecule has 0 radical (unpaired) electrons. The van der Waals surface area contributed by atoms with E-state index in [4.69, 9.17) is 29.7 Å². The van der Waals surface area contributed by atoms with Gasteiger partial charge in [0.2, 0.25) is 0 Å². The number of aliphatic hydroxyl groups is 1. The number of hydrogen-bond donors (Lipinski definition) is 3. The van der Waals surface area contributed by atoms with Gasteiger partial charge in [0.1, 0.15) is 6.61 Å². The molecule has 1 saturated carbocycles. The summed E-state index contributed by atoms with van der Waals surface area (Å²) < 4.78 is 17.1. The number of ether oxygens (including phenoxy) is 3. The average Bonchev–Trinajstić information content (AvgIpc) is 2.91. The minimum absolute atomic E-state index is 0.290. The number of hydrogen-bond acceptors (Lipinski definition) is 8. The summed E-state index contributed by atoms with van der Waals surface area (Å²) in [6.07, 6.45) is 9.27. The molecule has 214 valence electrons. The highest BCUT2D eigenvalue weighted by Gasteiger charge is 2.26. The second-order valence-corrected chi connectivity index (χ2v) is 10.1. The predicted octanol–water partition coefficient (Wildman–Crippen LogP) is 3.29. The Bertz CT molecular complexity index is 648. The first-order valence-electron chi connectivity index (χ1n) is 14.3. The molecular weight excluding hydrogens is 472 g/mol. The van der Waals surface area contributed by atoms with Crippen LogP contribution in [0.15, 0.2) is 24.3 Å². The van der Waals surface area contributed by atoms with Crippen LogP contribution in [0.2, 0.25) is 0 Å². The molecule has 3 unspecified atom stereocenters. The molecule has 0 aromatic heterocycles. The van der Waals surface area contributed by atoms with Gasteiger partial charge in [-0.25, -0.2) is 9.78 Å². The molecular formula is C29H52N2O6. The fourth-order valence-corrected chi connectivity index (χ4v) is 4.79. The first kappa shape index (κ1) is 32.1. The molecule has 1 fully saturated rings. The van der Waals surface area contributed by atoms with Crippen LogP contribution in [0.25, 0.3) is 0 Å². The zero-order valence-corrected chi connectivity index (χ0v) is 23.0. The Morgan fingerprint density at radius 2 is 1.49 bits per heavy atom. The van der Waals surface area contributed by atoms with Crippen molar-refractivity contribution in [3.8, 4) is 0 Å². The first-order chi connectivity index (χ1) is 18.2. The smallest absolute Gasteiger partial charge is 0.106 e. The molecule has 0 saturated heterocycles. The highest BCUT2D eigenvalue weighted by Crippen LogP contribution is 2.30. The Hall–Kier alpha value is -1.10. The maximum atomic E-state index is 9.47. The van der Waals surface area contributed by atoms with Crippen LogP contribution in [0, 0.1) is 11.8 Å². The van der Waals surface area contributed by atoms with Crippen LogP contribution < -0.4 is 11.1 Å². The zero-order valence-electron chi connectivity index (χ0n) is 23.0. The van der Waals surface area contributed by atoms with E-state index in [1.165, 1.54) is 30.4 Å². The lowest BCUT2D eigenvalue weighted by Crippen LogP contribution is -2.29. The van der Waals surface area contributed by atoms with Crippen molar-refractivity contribution in [1.29, 1.82) is 0 Å². The highest BCUT2D eigenvalue weighted by atomic mass is 17.2.